The van der Waals surface area contributed by atoms with Gasteiger partial charge in [0.25, 0.3) is 0 Å². The van der Waals surface area contributed by atoms with Gasteiger partial charge in [-0.2, -0.15) is 0 Å². The Labute approximate surface area is 161 Å². The molecular formula is C19H20ClFN2O4. The minimum absolute atomic E-state index is 0.0831. The number of anilines is 1. The highest BCUT2D eigenvalue weighted by Crippen LogP contribution is 2.27. The van der Waals surface area contributed by atoms with Gasteiger partial charge in [0.2, 0.25) is 5.91 Å². The van der Waals surface area contributed by atoms with Crippen molar-refractivity contribution in [1.82, 2.24) is 5.32 Å². The van der Waals surface area contributed by atoms with Gasteiger partial charge in [0.05, 0.1) is 18.7 Å². The smallest absolute Gasteiger partial charge is 0.312 e. The Morgan fingerprint density at radius 1 is 1.22 bits per heavy atom. The van der Waals surface area contributed by atoms with E-state index in [0.29, 0.717) is 28.6 Å². The Balaban J connectivity index is 1.85. The third-order valence-corrected chi connectivity index (χ3v) is 4.14. The molecule has 8 heteroatoms. The molecule has 0 saturated heterocycles. The van der Waals surface area contributed by atoms with E-state index in [1.807, 2.05) is 0 Å². The highest BCUT2D eigenvalue weighted by molar-refractivity contribution is 6.30. The lowest BCUT2D eigenvalue weighted by Gasteiger charge is -2.15. The number of benzene rings is 2. The van der Waals surface area contributed by atoms with E-state index in [-0.39, 0.29) is 18.9 Å². The molecule has 0 aliphatic carbocycles. The average Bonchev–Trinajstić information content (AvgIpc) is 2.63. The van der Waals surface area contributed by atoms with Gasteiger partial charge >= 0.3 is 5.97 Å². The first-order valence-corrected chi connectivity index (χ1v) is 8.61. The van der Waals surface area contributed by atoms with Gasteiger partial charge < -0.3 is 20.5 Å². The monoisotopic (exact) mass is 394 g/mol. The third-order valence-electron chi connectivity index (χ3n) is 3.90. The first kappa shape index (κ1) is 20.5. The van der Waals surface area contributed by atoms with E-state index in [9.17, 15) is 19.1 Å². The molecule has 1 atom stereocenters. The van der Waals surface area contributed by atoms with E-state index < -0.39 is 17.7 Å². The Kier molecular flexibility index (Phi) is 7.43. The second-order valence-electron chi connectivity index (χ2n) is 5.77. The molecule has 3 N–H and O–H groups in total. The molecule has 1 unspecified atom stereocenters. The van der Waals surface area contributed by atoms with Crippen molar-refractivity contribution >= 4 is 29.2 Å². The zero-order valence-corrected chi connectivity index (χ0v) is 15.4. The van der Waals surface area contributed by atoms with Crippen LogP contribution >= 0.6 is 11.6 Å². The molecule has 0 radical (unpaired) electrons. The Morgan fingerprint density at radius 3 is 2.56 bits per heavy atom. The number of carboxylic acid groups (broad SMARTS) is 1. The normalized spacial score (nSPS) is 11.5. The number of amides is 1. The van der Waals surface area contributed by atoms with Crippen molar-refractivity contribution in [3.8, 4) is 5.75 Å². The van der Waals surface area contributed by atoms with Gasteiger partial charge in [0, 0.05) is 24.5 Å². The number of rotatable bonds is 9. The SMILES string of the molecule is COc1ccc(Cl)cc1NCCC(=O)NCC(C(=O)O)c1ccc(F)cc1. The van der Waals surface area contributed by atoms with Gasteiger partial charge in [0.15, 0.2) is 0 Å². The van der Waals surface area contributed by atoms with Crippen LogP contribution in [0.5, 0.6) is 5.75 Å². The molecule has 1 amide bonds. The van der Waals surface area contributed by atoms with Crippen LogP contribution in [-0.4, -0.2) is 37.2 Å². The van der Waals surface area contributed by atoms with E-state index >= 15 is 0 Å². The molecular weight excluding hydrogens is 375 g/mol. The minimum atomic E-state index is -1.09. The van der Waals surface area contributed by atoms with Crippen LogP contribution in [0.2, 0.25) is 5.02 Å². The molecule has 144 valence electrons. The molecule has 0 bridgehead atoms. The number of hydrogen-bond donors (Lipinski definition) is 3. The first-order valence-electron chi connectivity index (χ1n) is 8.23. The molecule has 0 aromatic heterocycles. The summed E-state index contributed by atoms with van der Waals surface area (Å²) in [5.41, 5.74) is 1.08. The van der Waals surface area contributed by atoms with E-state index in [1.54, 1.807) is 18.2 Å². The number of nitrogens with one attached hydrogen (secondary N) is 2. The maximum atomic E-state index is 13.0. The Hall–Kier alpha value is -2.80. The molecule has 2 rings (SSSR count). The first-order chi connectivity index (χ1) is 12.9. The zero-order chi connectivity index (χ0) is 19.8. The largest absolute Gasteiger partial charge is 0.495 e. The number of methoxy groups -OCH3 is 1. The highest BCUT2D eigenvalue weighted by Gasteiger charge is 2.20. The van der Waals surface area contributed by atoms with Crippen LogP contribution < -0.4 is 15.4 Å². The summed E-state index contributed by atoms with van der Waals surface area (Å²) in [5, 5.41) is 15.5. The summed E-state index contributed by atoms with van der Waals surface area (Å²) >= 11 is 5.94. The number of carboxylic acids is 1. The zero-order valence-electron chi connectivity index (χ0n) is 14.7. The molecule has 0 aliphatic heterocycles. The van der Waals surface area contributed by atoms with Gasteiger partial charge in [0.1, 0.15) is 11.6 Å². The lowest BCUT2D eigenvalue weighted by molar-refractivity contribution is -0.138. The van der Waals surface area contributed by atoms with Crippen molar-refractivity contribution < 1.29 is 23.8 Å². The third kappa shape index (κ3) is 6.14. The van der Waals surface area contributed by atoms with Gasteiger partial charge in [-0.15, -0.1) is 0 Å². The quantitative estimate of drug-likeness (QED) is 0.607. The van der Waals surface area contributed by atoms with Crippen molar-refractivity contribution in [2.24, 2.45) is 0 Å². The average molecular weight is 395 g/mol. The van der Waals surface area contributed by atoms with Gasteiger partial charge in [-0.1, -0.05) is 23.7 Å². The van der Waals surface area contributed by atoms with Crippen molar-refractivity contribution in [1.29, 1.82) is 0 Å². The molecule has 0 heterocycles. The second kappa shape index (κ2) is 9.78. The summed E-state index contributed by atoms with van der Waals surface area (Å²) in [4.78, 5) is 23.4. The lowest BCUT2D eigenvalue weighted by atomic mass is 9.99. The number of aliphatic carboxylic acids is 1. The summed E-state index contributed by atoms with van der Waals surface area (Å²) in [5.74, 6) is -2.20. The van der Waals surface area contributed by atoms with Crippen LogP contribution in [0.3, 0.4) is 0 Å². The Morgan fingerprint density at radius 2 is 1.93 bits per heavy atom. The summed E-state index contributed by atoms with van der Waals surface area (Å²) in [6, 6.07) is 10.3. The van der Waals surface area contributed by atoms with E-state index in [2.05, 4.69) is 10.6 Å². The summed E-state index contributed by atoms with van der Waals surface area (Å²) in [6.07, 6.45) is 0.130. The number of ether oxygens (including phenoxy) is 1. The van der Waals surface area contributed by atoms with Gasteiger partial charge in [-0.3, -0.25) is 9.59 Å². The molecule has 2 aromatic carbocycles. The standard InChI is InChI=1S/C19H20ClFN2O4/c1-27-17-7-4-13(20)10-16(17)22-9-8-18(24)23-11-15(19(25)26)12-2-5-14(21)6-3-12/h2-7,10,15,22H,8-9,11H2,1H3,(H,23,24)(H,25,26). The summed E-state index contributed by atoms with van der Waals surface area (Å²) in [6.45, 7) is 0.233. The topological polar surface area (TPSA) is 87.7 Å². The molecule has 27 heavy (non-hydrogen) atoms. The van der Waals surface area contributed by atoms with Gasteiger partial charge in [-0.25, -0.2) is 4.39 Å². The molecule has 0 saturated carbocycles. The van der Waals surface area contributed by atoms with Crippen LogP contribution in [-0.2, 0) is 9.59 Å². The van der Waals surface area contributed by atoms with Crippen molar-refractivity contribution in [3.05, 3.63) is 58.9 Å². The Bertz CT molecular complexity index is 799. The lowest BCUT2D eigenvalue weighted by Crippen LogP contribution is -2.32. The predicted octanol–water partition coefficient (Wildman–Crippen LogP) is 3.27. The van der Waals surface area contributed by atoms with E-state index in [4.69, 9.17) is 16.3 Å². The predicted molar refractivity (Wildman–Crippen MR) is 101 cm³/mol. The molecule has 2 aromatic rings. The van der Waals surface area contributed by atoms with Crippen molar-refractivity contribution in [2.75, 3.05) is 25.5 Å². The highest BCUT2D eigenvalue weighted by atomic mass is 35.5. The van der Waals surface area contributed by atoms with Crippen LogP contribution in [0.15, 0.2) is 42.5 Å². The van der Waals surface area contributed by atoms with E-state index in [0.717, 1.165) is 0 Å². The maximum absolute atomic E-state index is 13.0. The summed E-state index contributed by atoms with van der Waals surface area (Å²) in [7, 11) is 1.53. The molecule has 6 nitrogen and oxygen atoms in total. The van der Waals surface area contributed by atoms with Crippen LogP contribution in [0.4, 0.5) is 10.1 Å². The van der Waals surface area contributed by atoms with Gasteiger partial charge in [-0.05, 0) is 35.9 Å². The van der Waals surface area contributed by atoms with Crippen LogP contribution in [0, 0.1) is 5.82 Å². The maximum Gasteiger partial charge on any atom is 0.312 e. The fraction of sp³-hybridized carbons (Fsp3) is 0.263. The number of carbonyl (C=O) groups is 2. The van der Waals surface area contributed by atoms with E-state index in [1.165, 1.54) is 31.4 Å². The summed E-state index contributed by atoms with van der Waals surface area (Å²) < 4.78 is 18.2. The molecule has 0 fully saturated rings. The van der Waals surface area contributed by atoms with Crippen molar-refractivity contribution in [3.63, 3.8) is 0 Å². The van der Waals surface area contributed by atoms with Crippen LogP contribution in [0.25, 0.3) is 0 Å². The fourth-order valence-corrected chi connectivity index (χ4v) is 2.65. The number of halogens is 2. The second-order valence-corrected chi connectivity index (χ2v) is 6.20. The van der Waals surface area contributed by atoms with Crippen LogP contribution in [0.1, 0.15) is 17.9 Å². The molecule has 0 aliphatic rings. The number of carbonyl (C=O) groups excluding carboxylic acids is 1. The molecule has 0 spiro atoms. The van der Waals surface area contributed by atoms with Crippen molar-refractivity contribution in [2.45, 2.75) is 12.3 Å². The fourth-order valence-electron chi connectivity index (χ4n) is 2.48. The minimum Gasteiger partial charge on any atom is -0.495 e. The number of hydrogen-bond acceptors (Lipinski definition) is 4.